The molecule has 8 heteroatoms. The normalized spacial score (nSPS) is 12.9. The van der Waals surface area contributed by atoms with Gasteiger partial charge in [-0.15, -0.1) is 0 Å². The van der Waals surface area contributed by atoms with Crippen molar-refractivity contribution in [2.75, 3.05) is 6.67 Å². The lowest BCUT2D eigenvalue weighted by molar-refractivity contribution is -0.000429. The fraction of sp³-hybridized carbons (Fsp3) is 0.273. The molecule has 4 nitrogen and oxygen atoms in total. The van der Waals surface area contributed by atoms with E-state index in [0.29, 0.717) is 9.86 Å². The molecule has 0 bridgehead atoms. The predicted octanol–water partition coefficient (Wildman–Crippen LogP) is 2.67. The molecule has 0 amide bonds. The minimum atomic E-state index is -2.99. The summed E-state index contributed by atoms with van der Waals surface area (Å²) < 4.78 is 42.9. The third-order valence-electron chi connectivity index (χ3n) is 2.41. The van der Waals surface area contributed by atoms with Crippen molar-refractivity contribution in [3.05, 3.63) is 33.2 Å². The van der Waals surface area contributed by atoms with Gasteiger partial charge in [0.15, 0.2) is 6.10 Å². The molecule has 0 radical (unpaired) electrons. The van der Waals surface area contributed by atoms with Crippen LogP contribution in [0.25, 0.3) is 10.8 Å². The van der Waals surface area contributed by atoms with E-state index in [0.717, 1.165) is 0 Å². The first-order valence-corrected chi connectivity index (χ1v) is 6.00. The van der Waals surface area contributed by atoms with E-state index in [-0.39, 0.29) is 11.1 Å². The monoisotopic (exact) mass is 336 g/mol. The Bertz CT molecular complexity index is 647. The highest BCUT2D eigenvalue weighted by Gasteiger charge is 2.23. The second-order valence-corrected chi connectivity index (χ2v) is 4.63. The Morgan fingerprint density at radius 3 is 2.79 bits per heavy atom. The quantitative estimate of drug-likeness (QED) is 0.933. The summed E-state index contributed by atoms with van der Waals surface area (Å²) in [5.74, 6) is -0.115. The van der Waals surface area contributed by atoms with Crippen LogP contribution in [0.4, 0.5) is 13.2 Å². The van der Waals surface area contributed by atoms with Crippen molar-refractivity contribution < 1.29 is 17.9 Å². The molecule has 0 saturated heterocycles. The summed E-state index contributed by atoms with van der Waals surface area (Å²) >= 11 is 3.16. The molecule has 19 heavy (non-hydrogen) atoms. The minimum Gasteiger partial charge on any atom is -0.481 e. The number of aromatic nitrogens is 2. The van der Waals surface area contributed by atoms with E-state index in [2.05, 4.69) is 26.1 Å². The molecule has 1 N–H and O–H groups in total. The van der Waals surface area contributed by atoms with E-state index in [9.17, 15) is 18.0 Å². The van der Waals surface area contributed by atoms with Gasteiger partial charge in [-0.1, -0.05) is 15.9 Å². The Morgan fingerprint density at radius 1 is 1.42 bits per heavy atom. The summed E-state index contributed by atoms with van der Waals surface area (Å²) in [5, 5.41) is 6.22. The highest BCUT2D eigenvalue weighted by molar-refractivity contribution is 9.10. The van der Waals surface area contributed by atoms with Gasteiger partial charge in [0, 0.05) is 9.86 Å². The lowest BCUT2D eigenvalue weighted by Crippen LogP contribution is -2.28. The largest absolute Gasteiger partial charge is 0.481 e. The van der Waals surface area contributed by atoms with Gasteiger partial charge in [-0.2, -0.15) is 5.10 Å². The number of halogens is 4. The van der Waals surface area contributed by atoms with Crippen molar-refractivity contribution in [3.63, 3.8) is 0 Å². The molecule has 1 aromatic carbocycles. The molecule has 1 unspecified atom stereocenters. The first-order chi connectivity index (χ1) is 9.02. The highest BCUT2D eigenvalue weighted by atomic mass is 79.9. The number of alkyl halides is 3. The third kappa shape index (κ3) is 2.89. The zero-order chi connectivity index (χ0) is 14.0. The number of rotatable bonds is 4. The van der Waals surface area contributed by atoms with Crippen molar-refractivity contribution in [1.82, 2.24) is 10.2 Å². The van der Waals surface area contributed by atoms with Crippen LogP contribution in [0.5, 0.6) is 5.75 Å². The van der Waals surface area contributed by atoms with Crippen LogP contribution in [0, 0.1) is 0 Å². The standard InChI is InChI=1S/C11H8BrF3N2O2/c12-6-1-5-4-16-17-11(18)9(5)7(2-6)19-8(3-13)10(14)15/h1-2,4,8,10H,3H2,(H,17,18). The van der Waals surface area contributed by atoms with Gasteiger partial charge in [0.05, 0.1) is 11.6 Å². The first kappa shape index (κ1) is 13.9. The Balaban J connectivity index is 2.56. The number of H-pyrrole nitrogens is 1. The fourth-order valence-electron chi connectivity index (χ4n) is 1.57. The maximum absolute atomic E-state index is 12.5. The maximum atomic E-state index is 12.5. The number of nitrogens with one attached hydrogen (secondary N) is 1. The SMILES string of the molecule is O=c1[nH]ncc2cc(Br)cc(OC(CF)C(F)F)c12. The summed E-state index contributed by atoms with van der Waals surface area (Å²) in [5.41, 5.74) is -0.591. The molecule has 1 aromatic heterocycles. The lowest BCUT2D eigenvalue weighted by atomic mass is 10.2. The van der Waals surface area contributed by atoms with E-state index in [1.807, 2.05) is 0 Å². The molecule has 0 spiro atoms. The molecule has 0 aliphatic rings. The topological polar surface area (TPSA) is 55.0 Å². The molecule has 0 aliphatic heterocycles. The average molecular weight is 337 g/mol. The van der Waals surface area contributed by atoms with Crippen LogP contribution in [0.1, 0.15) is 0 Å². The van der Waals surface area contributed by atoms with Crippen molar-refractivity contribution in [2.45, 2.75) is 12.5 Å². The third-order valence-corrected chi connectivity index (χ3v) is 2.86. The molecule has 0 aliphatic carbocycles. The molecule has 1 atom stereocenters. The second-order valence-electron chi connectivity index (χ2n) is 3.71. The number of aromatic amines is 1. The maximum Gasteiger partial charge on any atom is 0.277 e. The van der Waals surface area contributed by atoms with Crippen LogP contribution in [-0.4, -0.2) is 29.4 Å². The Morgan fingerprint density at radius 2 is 2.16 bits per heavy atom. The van der Waals surface area contributed by atoms with E-state index < -0.39 is 24.8 Å². The van der Waals surface area contributed by atoms with E-state index in [4.69, 9.17) is 4.74 Å². The average Bonchev–Trinajstić information content (AvgIpc) is 2.34. The number of nitrogens with zero attached hydrogens (tertiary/aromatic N) is 1. The molecular formula is C11H8BrF3N2O2. The fourth-order valence-corrected chi connectivity index (χ4v) is 2.02. The Labute approximate surface area is 113 Å². The number of benzene rings is 1. The van der Waals surface area contributed by atoms with Crippen molar-refractivity contribution in [2.24, 2.45) is 0 Å². The summed E-state index contributed by atoms with van der Waals surface area (Å²) in [6.07, 6.45) is -3.55. The predicted molar refractivity (Wildman–Crippen MR) is 66.5 cm³/mol. The zero-order valence-corrected chi connectivity index (χ0v) is 11.0. The number of hydrogen-bond donors (Lipinski definition) is 1. The molecule has 0 saturated carbocycles. The zero-order valence-electron chi connectivity index (χ0n) is 9.37. The van der Waals surface area contributed by atoms with Gasteiger partial charge in [0.1, 0.15) is 12.4 Å². The summed E-state index contributed by atoms with van der Waals surface area (Å²) in [7, 11) is 0. The van der Waals surface area contributed by atoms with Gasteiger partial charge < -0.3 is 4.74 Å². The molecule has 0 fully saturated rings. The van der Waals surface area contributed by atoms with Gasteiger partial charge in [0.25, 0.3) is 12.0 Å². The van der Waals surface area contributed by atoms with E-state index >= 15 is 0 Å². The van der Waals surface area contributed by atoms with Crippen molar-refractivity contribution >= 4 is 26.7 Å². The van der Waals surface area contributed by atoms with Crippen LogP contribution in [0.15, 0.2) is 27.6 Å². The van der Waals surface area contributed by atoms with Gasteiger partial charge in [-0.05, 0) is 12.1 Å². The molecule has 1 heterocycles. The van der Waals surface area contributed by atoms with Gasteiger partial charge in [0.2, 0.25) is 0 Å². The second kappa shape index (κ2) is 5.60. The lowest BCUT2D eigenvalue weighted by Gasteiger charge is -2.16. The van der Waals surface area contributed by atoms with Gasteiger partial charge in [-0.3, -0.25) is 4.79 Å². The number of ether oxygens (including phenoxy) is 1. The van der Waals surface area contributed by atoms with Gasteiger partial charge in [-0.25, -0.2) is 18.3 Å². The van der Waals surface area contributed by atoms with Crippen LogP contribution in [0.2, 0.25) is 0 Å². The minimum absolute atomic E-state index is 0.0531. The van der Waals surface area contributed by atoms with Crippen LogP contribution in [-0.2, 0) is 0 Å². The highest BCUT2D eigenvalue weighted by Crippen LogP contribution is 2.28. The summed E-state index contributed by atoms with van der Waals surface area (Å²) in [4.78, 5) is 11.7. The van der Waals surface area contributed by atoms with Crippen molar-refractivity contribution in [1.29, 1.82) is 0 Å². The smallest absolute Gasteiger partial charge is 0.277 e. The molecular weight excluding hydrogens is 329 g/mol. The van der Waals surface area contributed by atoms with Crippen molar-refractivity contribution in [3.8, 4) is 5.75 Å². The molecule has 2 aromatic rings. The van der Waals surface area contributed by atoms with E-state index in [1.165, 1.54) is 12.3 Å². The Hall–Kier alpha value is -1.57. The molecule has 2 rings (SSSR count). The first-order valence-electron chi connectivity index (χ1n) is 5.20. The summed E-state index contributed by atoms with van der Waals surface area (Å²) in [6, 6.07) is 2.92. The van der Waals surface area contributed by atoms with Crippen LogP contribution < -0.4 is 10.3 Å². The summed E-state index contributed by atoms with van der Waals surface area (Å²) in [6.45, 7) is -1.35. The number of fused-ring (bicyclic) bond motifs is 1. The van der Waals surface area contributed by atoms with Gasteiger partial charge >= 0.3 is 0 Å². The molecule has 102 valence electrons. The number of hydrogen-bond acceptors (Lipinski definition) is 3. The van der Waals surface area contributed by atoms with E-state index in [1.54, 1.807) is 6.07 Å². The Kier molecular flexibility index (Phi) is 4.08. The van der Waals surface area contributed by atoms with Crippen LogP contribution >= 0.6 is 15.9 Å². The van der Waals surface area contributed by atoms with Crippen LogP contribution in [0.3, 0.4) is 0 Å².